The molecule has 1 saturated heterocycles. The van der Waals surface area contributed by atoms with Crippen molar-refractivity contribution in [3.05, 3.63) is 53.1 Å². The number of rotatable bonds is 5. The van der Waals surface area contributed by atoms with E-state index in [1.807, 2.05) is 0 Å². The second-order valence-corrected chi connectivity index (χ2v) is 8.64. The molecule has 0 saturated carbocycles. The zero-order chi connectivity index (χ0) is 26.1. The lowest BCUT2D eigenvalue weighted by Gasteiger charge is -2.41. The van der Waals surface area contributed by atoms with Gasteiger partial charge in [-0.1, -0.05) is 12.1 Å². The van der Waals surface area contributed by atoms with Crippen LogP contribution in [0.25, 0.3) is 0 Å². The summed E-state index contributed by atoms with van der Waals surface area (Å²) in [6, 6.07) is 8.99. The van der Waals surface area contributed by atoms with Gasteiger partial charge in [-0.3, -0.25) is 14.4 Å². The van der Waals surface area contributed by atoms with E-state index < -0.39 is 55.2 Å². The Morgan fingerprint density at radius 2 is 1.67 bits per heavy atom. The van der Waals surface area contributed by atoms with E-state index in [2.05, 4.69) is 0 Å². The zero-order valence-corrected chi connectivity index (χ0v) is 19.5. The number of ether oxygens (including phenoxy) is 4. The number of aliphatic hydroxyl groups is 3. The number of hydrogen-bond acceptors (Lipinski definition) is 11. The van der Waals surface area contributed by atoms with Gasteiger partial charge in [0.25, 0.3) is 0 Å². The van der Waals surface area contributed by atoms with E-state index in [1.54, 1.807) is 24.3 Å². The van der Waals surface area contributed by atoms with Crippen molar-refractivity contribution in [1.29, 1.82) is 0 Å². The van der Waals surface area contributed by atoms with Crippen LogP contribution in [0, 0.1) is 0 Å². The molecule has 4 N–H and O–H groups in total. The van der Waals surface area contributed by atoms with E-state index in [4.69, 9.17) is 18.9 Å². The molecule has 11 nitrogen and oxygen atoms in total. The summed E-state index contributed by atoms with van der Waals surface area (Å²) in [7, 11) is 0. The van der Waals surface area contributed by atoms with Crippen LogP contribution in [0.4, 0.5) is 0 Å². The van der Waals surface area contributed by atoms with Crippen LogP contribution in [0.3, 0.4) is 0 Å². The summed E-state index contributed by atoms with van der Waals surface area (Å²) in [5.41, 5.74) is 0.643. The van der Waals surface area contributed by atoms with Gasteiger partial charge in [-0.05, 0) is 29.8 Å². The van der Waals surface area contributed by atoms with Gasteiger partial charge in [0.05, 0.1) is 17.5 Å². The van der Waals surface area contributed by atoms with E-state index in [-0.39, 0.29) is 34.8 Å². The maximum atomic E-state index is 13.0. The van der Waals surface area contributed by atoms with E-state index in [9.17, 15) is 34.8 Å². The maximum absolute atomic E-state index is 13.0. The van der Waals surface area contributed by atoms with Gasteiger partial charge in [-0.2, -0.15) is 0 Å². The Hall–Kier alpha value is -3.51. The lowest BCUT2D eigenvalue weighted by atomic mass is 9.87. The molecule has 0 amide bonds. The van der Waals surface area contributed by atoms with Crippen molar-refractivity contribution < 1.29 is 53.8 Å². The number of ketones is 1. The van der Waals surface area contributed by atoms with Crippen molar-refractivity contribution in [3.63, 3.8) is 0 Å². The first kappa shape index (κ1) is 25.6. The zero-order valence-electron chi connectivity index (χ0n) is 19.5. The molecule has 192 valence electrons. The molecule has 6 atom stereocenters. The molecule has 0 radical (unpaired) electrons. The van der Waals surface area contributed by atoms with Crippen molar-refractivity contribution >= 4 is 17.7 Å². The van der Waals surface area contributed by atoms with E-state index >= 15 is 0 Å². The second-order valence-electron chi connectivity index (χ2n) is 8.64. The number of carbonyl (C=O) groups is 3. The van der Waals surface area contributed by atoms with E-state index in [0.717, 1.165) is 6.92 Å². The molecule has 1 fully saturated rings. The molecule has 2 aromatic carbocycles. The molecule has 2 aromatic rings. The molecule has 2 heterocycles. The van der Waals surface area contributed by atoms with Crippen LogP contribution in [0.15, 0.2) is 36.4 Å². The highest BCUT2D eigenvalue weighted by Gasteiger charge is 2.47. The molecule has 6 unspecified atom stereocenters. The van der Waals surface area contributed by atoms with Gasteiger partial charge in [0.1, 0.15) is 60.5 Å². The van der Waals surface area contributed by atoms with Gasteiger partial charge in [0.2, 0.25) is 0 Å². The molecule has 0 aromatic heterocycles. The largest absolute Gasteiger partial charge is 0.507 e. The summed E-state index contributed by atoms with van der Waals surface area (Å²) in [6.07, 6.45) is -8.42. The van der Waals surface area contributed by atoms with Crippen LogP contribution in [0.1, 0.15) is 54.0 Å². The highest BCUT2D eigenvalue weighted by molar-refractivity contribution is 6.00. The van der Waals surface area contributed by atoms with Gasteiger partial charge in [-0.25, -0.2) is 0 Å². The Morgan fingerprint density at radius 1 is 0.972 bits per heavy atom. The number of carbonyl (C=O) groups excluding carboxylic acids is 3. The Balaban J connectivity index is 1.68. The standard InChI is InChI=1S/C25H26O11/c1-11(26)33-10-19-21(30)22(31)23(32)25(36-19)20-16(28)8-7-15-17(29)9-18(35-24(15)20)13-3-5-14(6-4-13)34-12(2)27/h3-8,18-19,21-23,25,28,30-32H,9-10H2,1-2H3. The summed E-state index contributed by atoms with van der Waals surface area (Å²) < 4.78 is 21.8. The second kappa shape index (κ2) is 10.2. The molecule has 2 aliphatic rings. The van der Waals surface area contributed by atoms with Gasteiger partial charge >= 0.3 is 11.9 Å². The predicted octanol–water partition coefficient (Wildman–Crippen LogP) is 1.11. The Labute approximate surface area is 205 Å². The minimum Gasteiger partial charge on any atom is -0.507 e. The number of benzene rings is 2. The number of fused-ring (bicyclic) bond motifs is 1. The minimum atomic E-state index is -1.71. The van der Waals surface area contributed by atoms with Crippen LogP contribution < -0.4 is 9.47 Å². The maximum Gasteiger partial charge on any atom is 0.308 e. The lowest BCUT2D eigenvalue weighted by Crippen LogP contribution is -2.55. The SMILES string of the molecule is CC(=O)OCC1OC(c2c(O)ccc3c2OC(c2ccc(OC(C)=O)cc2)CC3=O)C(O)C(O)C1O. The molecule has 0 bridgehead atoms. The fraction of sp³-hybridized carbons (Fsp3) is 0.400. The third-order valence-electron chi connectivity index (χ3n) is 6.07. The fourth-order valence-electron chi connectivity index (χ4n) is 4.30. The van der Waals surface area contributed by atoms with Crippen molar-refractivity contribution in [2.75, 3.05) is 6.61 Å². The number of hydrogen-bond donors (Lipinski definition) is 4. The lowest BCUT2D eigenvalue weighted by molar-refractivity contribution is -0.234. The molecular weight excluding hydrogens is 476 g/mol. The first-order valence-corrected chi connectivity index (χ1v) is 11.2. The monoisotopic (exact) mass is 502 g/mol. The normalized spacial score (nSPS) is 27.5. The number of aromatic hydroxyl groups is 1. The summed E-state index contributed by atoms with van der Waals surface area (Å²) in [4.78, 5) is 35.4. The first-order valence-electron chi connectivity index (χ1n) is 11.2. The highest BCUT2D eigenvalue weighted by Crippen LogP contribution is 2.47. The quantitative estimate of drug-likeness (QED) is 0.341. The average Bonchev–Trinajstić information content (AvgIpc) is 2.82. The number of phenolic OH excluding ortho intramolecular Hbond substituents is 1. The van der Waals surface area contributed by atoms with Gasteiger partial charge in [0, 0.05) is 13.8 Å². The number of phenols is 1. The predicted molar refractivity (Wildman–Crippen MR) is 120 cm³/mol. The highest BCUT2D eigenvalue weighted by atomic mass is 16.6. The van der Waals surface area contributed by atoms with Gasteiger partial charge in [0.15, 0.2) is 5.78 Å². The van der Waals surface area contributed by atoms with Gasteiger partial charge in [-0.15, -0.1) is 0 Å². The smallest absolute Gasteiger partial charge is 0.308 e. The fourth-order valence-corrected chi connectivity index (χ4v) is 4.30. The van der Waals surface area contributed by atoms with E-state index in [1.165, 1.54) is 19.1 Å². The third kappa shape index (κ3) is 5.05. The average molecular weight is 502 g/mol. The number of Topliss-reactive ketones (excluding diaryl/α,β-unsaturated/α-hetero) is 1. The van der Waals surface area contributed by atoms with Crippen molar-refractivity contribution in [2.24, 2.45) is 0 Å². The topological polar surface area (TPSA) is 169 Å². The summed E-state index contributed by atoms with van der Waals surface area (Å²) in [5.74, 6) is -1.51. The molecule has 4 rings (SSSR count). The Morgan fingerprint density at radius 3 is 2.31 bits per heavy atom. The molecule has 0 aliphatic carbocycles. The van der Waals surface area contributed by atoms with E-state index in [0.29, 0.717) is 11.3 Å². The molecule has 0 spiro atoms. The van der Waals surface area contributed by atoms with Gasteiger partial charge < -0.3 is 39.4 Å². The minimum absolute atomic E-state index is 0.0192. The summed E-state index contributed by atoms with van der Waals surface area (Å²) in [6.45, 7) is 2.02. The van der Waals surface area contributed by atoms with Crippen LogP contribution >= 0.6 is 0 Å². The number of esters is 2. The number of aliphatic hydroxyl groups excluding tert-OH is 3. The van der Waals surface area contributed by atoms with Crippen LogP contribution in [0.2, 0.25) is 0 Å². The first-order chi connectivity index (χ1) is 17.1. The van der Waals surface area contributed by atoms with Crippen molar-refractivity contribution in [1.82, 2.24) is 0 Å². The van der Waals surface area contributed by atoms with Crippen LogP contribution in [-0.2, 0) is 19.1 Å². The summed E-state index contributed by atoms with van der Waals surface area (Å²) >= 11 is 0. The molecule has 11 heteroatoms. The Bertz CT molecular complexity index is 1160. The molecular formula is C25H26O11. The van der Waals surface area contributed by atoms with Crippen LogP contribution in [-0.4, -0.2) is 69.2 Å². The van der Waals surface area contributed by atoms with Crippen LogP contribution in [0.5, 0.6) is 17.2 Å². The summed E-state index contributed by atoms with van der Waals surface area (Å²) in [5, 5.41) is 42.1. The Kier molecular flexibility index (Phi) is 7.27. The molecule has 2 aliphatic heterocycles. The van der Waals surface area contributed by atoms with Crippen molar-refractivity contribution in [2.45, 2.75) is 56.9 Å². The third-order valence-corrected chi connectivity index (χ3v) is 6.07. The molecule has 36 heavy (non-hydrogen) atoms. The van der Waals surface area contributed by atoms with Crippen molar-refractivity contribution in [3.8, 4) is 17.2 Å².